The predicted octanol–water partition coefficient (Wildman–Crippen LogP) is 3.60. The van der Waals surface area contributed by atoms with Crippen molar-refractivity contribution >= 4 is 33.1 Å². The van der Waals surface area contributed by atoms with Crippen LogP contribution in [0.5, 0.6) is 0 Å². The molecule has 34 heavy (non-hydrogen) atoms. The van der Waals surface area contributed by atoms with Gasteiger partial charge in [-0.2, -0.15) is 30.6 Å². The molecule has 2 aromatic rings. The Balaban J connectivity index is 1.77. The van der Waals surface area contributed by atoms with E-state index in [0.717, 1.165) is 12.1 Å². The lowest BCUT2D eigenvalue weighted by Gasteiger charge is -2.36. The zero-order valence-electron chi connectivity index (χ0n) is 17.5. The van der Waals surface area contributed by atoms with Crippen molar-refractivity contribution in [2.75, 3.05) is 43.4 Å². The lowest BCUT2D eigenvalue weighted by atomic mass is 9.92. The highest BCUT2D eigenvalue weighted by Crippen LogP contribution is 2.50. The highest BCUT2D eigenvalue weighted by molar-refractivity contribution is 7.89. The highest BCUT2D eigenvalue weighted by atomic mass is 35.5. The minimum Gasteiger partial charge on any atom is -0.372 e. The van der Waals surface area contributed by atoms with Gasteiger partial charge in [-0.15, -0.1) is 0 Å². The quantitative estimate of drug-likeness (QED) is 0.452. The van der Waals surface area contributed by atoms with Crippen LogP contribution in [0.4, 0.5) is 37.8 Å². The number of aliphatic hydroxyl groups is 1. The summed E-state index contributed by atoms with van der Waals surface area (Å²) in [6.45, 7) is 0.254. The van der Waals surface area contributed by atoms with Gasteiger partial charge < -0.3 is 15.3 Å². The van der Waals surface area contributed by atoms with Crippen LogP contribution in [-0.4, -0.2) is 68.4 Å². The second-order valence-electron chi connectivity index (χ2n) is 7.37. The maximum absolute atomic E-state index is 13.1. The minimum absolute atomic E-state index is 0.00487. The molecule has 0 bridgehead atoms. The number of sulfonamides is 1. The first-order valence-electron chi connectivity index (χ1n) is 9.68. The van der Waals surface area contributed by atoms with Crippen LogP contribution in [0.2, 0.25) is 5.15 Å². The Labute approximate surface area is 196 Å². The van der Waals surface area contributed by atoms with Gasteiger partial charge >= 0.3 is 12.4 Å². The normalized spacial score (nSPS) is 16.6. The van der Waals surface area contributed by atoms with Crippen LogP contribution in [0.3, 0.4) is 0 Å². The fraction of sp³-hybridized carbons (Fsp3) is 0.421. The van der Waals surface area contributed by atoms with Crippen molar-refractivity contribution in [3.05, 3.63) is 47.1 Å². The fourth-order valence-electron chi connectivity index (χ4n) is 3.54. The number of pyridine rings is 1. The molecule has 1 saturated heterocycles. The topological polar surface area (TPSA) is 85.8 Å². The number of nitrogens with one attached hydrogen (secondary N) is 1. The molecule has 0 amide bonds. The van der Waals surface area contributed by atoms with Crippen LogP contribution >= 0.6 is 11.6 Å². The molecule has 1 aromatic carbocycles. The van der Waals surface area contributed by atoms with E-state index in [-0.39, 0.29) is 47.7 Å². The van der Waals surface area contributed by atoms with Crippen LogP contribution in [0.15, 0.2) is 41.3 Å². The van der Waals surface area contributed by atoms with Crippen molar-refractivity contribution in [1.29, 1.82) is 0 Å². The molecule has 0 unspecified atom stereocenters. The molecule has 2 heterocycles. The van der Waals surface area contributed by atoms with Crippen molar-refractivity contribution in [3.8, 4) is 0 Å². The number of anilines is 2. The molecule has 0 spiro atoms. The van der Waals surface area contributed by atoms with Gasteiger partial charge in [-0.05, 0) is 24.3 Å². The van der Waals surface area contributed by atoms with E-state index in [1.807, 2.05) is 0 Å². The van der Waals surface area contributed by atoms with E-state index in [1.54, 1.807) is 4.90 Å². The molecule has 1 aliphatic rings. The standard InChI is InChI=1S/C19H19ClF6N4O3S/c1-27-16-14(6-7-15(20)28-16)34(32,33)30-10-8-29(9-11-30)13-4-2-12(3-5-13)17(31,18(21,22)23)19(24,25)26/h2-7,31H,8-11H2,1H3,(H,27,28). The Morgan fingerprint density at radius 3 is 1.94 bits per heavy atom. The average molecular weight is 533 g/mol. The first-order chi connectivity index (χ1) is 15.6. The summed E-state index contributed by atoms with van der Waals surface area (Å²) in [6.07, 6.45) is -12.0. The molecule has 188 valence electrons. The lowest BCUT2D eigenvalue weighted by molar-refractivity contribution is -0.376. The zero-order chi connectivity index (χ0) is 25.5. The molecular formula is C19H19ClF6N4O3S. The summed E-state index contributed by atoms with van der Waals surface area (Å²) in [5.41, 5.74) is -6.10. The van der Waals surface area contributed by atoms with Gasteiger partial charge in [-0.3, -0.25) is 0 Å². The average Bonchev–Trinajstić information content (AvgIpc) is 2.77. The summed E-state index contributed by atoms with van der Waals surface area (Å²) in [7, 11) is -2.46. The molecule has 2 N–H and O–H groups in total. The summed E-state index contributed by atoms with van der Waals surface area (Å²) >= 11 is 5.80. The van der Waals surface area contributed by atoms with Crippen molar-refractivity contribution in [2.45, 2.75) is 22.8 Å². The number of nitrogens with zero attached hydrogens (tertiary/aromatic N) is 3. The van der Waals surface area contributed by atoms with E-state index in [1.165, 1.54) is 23.5 Å². The molecule has 0 saturated carbocycles. The van der Waals surface area contributed by atoms with Crippen molar-refractivity contribution in [3.63, 3.8) is 0 Å². The van der Waals surface area contributed by atoms with Gasteiger partial charge in [0.25, 0.3) is 5.60 Å². The molecule has 7 nitrogen and oxygen atoms in total. The SMILES string of the molecule is CNc1nc(Cl)ccc1S(=O)(=O)N1CCN(c2ccc(C(O)(C(F)(F)F)C(F)(F)F)cc2)CC1. The Morgan fingerprint density at radius 1 is 0.941 bits per heavy atom. The number of benzene rings is 1. The van der Waals surface area contributed by atoms with Gasteiger partial charge in [0, 0.05) is 44.5 Å². The van der Waals surface area contributed by atoms with Crippen LogP contribution < -0.4 is 10.2 Å². The molecule has 0 atom stereocenters. The highest BCUT2D eigenvalue weighted by Gasteiger charge is 2.71. The molecular weight excluding hydrogens is 514 g/mol. The van der Waals surface area contributed by atoms with Crippen molar-refractivity contribution in [1.82, 2.24) is 9.29 Å². The smallest absolute Gasteiger partial charge is 0.372 e. The first kappa shape index (κ1) is 26.3. The van der Waals surface area contributed by atoms with E-state index in [9.17, 15) is 39.9 Å². The van der Waals surface area contributed by atoms with Gasteiger partial charge in [-0.25, -0.2) is 13.4 Å². The summed E-state index contributed by atoms with van der Waals surface area (Å²) in [5.74, 6) is 0.0623. The van der Waals surface area contributed by atoms with Crippen LogP contribution in [-0.2, 0) is 15.6 Å². The molecule has 1 fully saturated rings. The molecule has 0 radical (unpaired) electrons. The predicted molar refractivity (Wildman–Crippen MR) is 112 cm³/mol. The minimum atomic E-state index is -5.98. The Hall–Kier alpha value is -2.29. The van der Waals surface area contributed by atoms with Gasteiger partial charge in [0.2, 0.25) is 10.0 Å². The van der Waals surface area contributed by atoms with E-state index in [0.29, 0.717) is 12.1 Å². The molecule has 1 aliphatic heterocycles. The Bertz CT molecular complexity index is 1120. The third-order valence-electron chi connectivity index (χ3n) is 5.39. The summed E-state index contributed by atoms with van der Waals surface area (Å²) < 4.78 is 106. The van der Waals surface area contributed by atoms with Crippen LogP contribution in [0.25, 0.3) is 0 Å². The third kappa shape index (κ3) is 4.63. The largest absolute Gasteiger partial charge is 0.430 e. The fourth-order valence-corrected chi connectivity index (χ4v) is 5.24. The summed E-state index contributed by atoms with van der Waals surface area (Å²) in [5, 5.41) is 12.3. The lowest BCUT2D eigenvalue weighted by Crippen LogP contribution is -2.54. The molecule has 15 heteroatoms. The van der Waals surface area contributed by atoms with Gasteiger partial charge in [0.1, 0.15) is 15.9 Å². The van der Waals surface area contributed by atoms with Gasteiger partial charge in [0.05, 0.1) is 0 Å². The zero-order valence-corrected chi connectivity index (χ0v) is 19.0. The van der Waals surface area contributed by atoms with Gasteiger partial charge in [-0.1, -0.05) is 23.7 Å². The Morgan fingerprint density at radius 2 is 1.47 bits per heavy atom. The number of halogens is 7. The number of aromatic nitrogens is 1. The summed E-state index contributed by atoms with van der Waals surface area (Å²) in [6, 6.07) is 5.78. The van der Waals surface area contributed by atoms with Gasteiger partial charge in [0.15, 0.2) is 0 Å². The number of alkyl halides is 6. The van der Waals surface area contributed by atoms with Crippen LogP contribution in [0.1, 0.15) is 5.56 Å². The van der Waals surface area contributed by atoms with E-state index in [2.05, 4.69) is 10.3 Å². The number of piperazine rings is 1. The third-order valence-corrected chi connectivity index (χ3v) is 7.53. The van der Waals surface area contributed by atoms with Crippen molar-refractivity contribution < 1.29 is 39.9 Å². The maximum atomic E-state index is 13.1. The molecule has 1 aromatic heterocycles. The second-order valence-corrected chi connectivity index (χ2v) is 9.67. The molecule has 3 rings (SSSR count). The Kier molecular flexibility index (Phi) is 7.01. The number of rotatable bonds is 5. The first-order valence-corrected chi connectivity index (χ1v) is 11.5. The second kappa shape index (κ2) is 9.06. The van der Waals surface area contributed by atoms with E-state index in [4.69, 9.17) is 11.6 Å². The summed E-state index contributed by atoms with van der Waals surface area (Å²) in [4.78, 5) is 5.45. The van der Waals surface area contributed by atoms with Crippen molar-refractivity contribution in [2.24, 2.45) is 0 Å². The molecule has 0 aliphatic carbocycles. The van der Waals surface area contributed by atoms with E-state index < -0.39 is 33.5 Å². The number of hydrogen-bond donors (Lipinski definition) is 2. The monoisotopic (exact) mass is 532 g/mol. The van der Waals surface area contributed by atoms with E-state index >= 15 is 0 Å². The number of hydrogen-bond acceptors (Lipinski definition) is 6. The van der Waals surface area contributed by atoms with Crippen LogP contribution in [0, 0.1) is 0 Å². The maximum Gasteiger partial charge on any atom is 0.430 e.